The number of carboxylic acids is 1. The Kier molecular flexibility index (Phi) is 6.42. The third-order valence-electron chi connectivity index (χ3n) is 9.90. The van der Waals surface area contributed by atoms with Gasteiger partial charge in [0.15, 0.2) is 11.5 Å². The van der Waals surface area contributed by atoms with Crippen molar-refractivity contribution >= 4 is 17.9 Å². The summed E-state index contributed by atoms with van der Waals surface area (Å²) in [5, 5.41) is 21.8. The van der Waals surface area contributed by atoms with Crippen molar-refractivity contribution in [1.82, 2.24) is 0 Å². The molecule has 1 unspecified atom stereocenters. The molecule has 9 atom stereocenters. The first-order valence-electron chi connectivity index (χ1n) is 12.8. The van der Waals surface area contributed by atoms with Gasteiger partial charge in [-0.25, -0.2) is 18.4 Å². The zero-order valence-electron chi connectivity index (χ0n) is 21.4. The van der Waals surface area contributed by atoms with Crippen LogP contribution in [0, 0.1) is 28.6 Å². The molecule has 0 spiro atoms. The van der Waals surface area contributed by atoms with Crippen LogP contribution < -0.4 is 0 Å². The highest BCUT2D eigenvalue weighted by Gasteiger charge is 2.78. The highest BCUT2D eigenvalue weighted by Crippen LogP contribution is 2.71. The molecule has 0 aromatic rings. The van der Waals surface area contributed by atoms with Gasteiger partial charge in [0.25, 0.3) is 0 Å². The summed E-state index contributed by atoms with van der Waals surface area (Å²) in [6.07, 6.45) is -0.680. The van der Waals surface area contributed by atoms with E-state index in [4.69, 9.17) is 9.47 Å². The predicted octanol–water partition coefficient (Wildman–Crippen LogP) is 4.72. The molecule has 4 rings (SSSR count). The Morgan fingerprint density at radius 1 is 1.19 bits per heavy atom. The Morgan fingerprint density at radius 2 is 1.83 bits per heavy atom. The first kappa shape index (κ1) is 26.8. The summed E-state index contributed by atoms with van der Waals surface area (Å²) >= 11 is 0. The molecular weight excluding hydrogens is 474 g/mol. The second kappa shape index (κ2) is 8.64. The van der Waals surface area contributed by atoms with E-state index in [2.05, 4.69) is 0 Å². The number of allylic oxidation sites excluding steroid dienone is 4. The number of ketones is 1. The molecule has 0 aromatic heterocycles. The number of carboxylic acid groups (broad SMARTS) is 1. The van der Waals surface area contributed by atoms with Gasteiger partial charge in [-0.15, -0.1) is 0 Å². The number of alkyl halides is 2. The number of hydrogen-bond donors (Lipinski definition) is 2. The summed E-state index contributed by atoms with van der Waals surface area (Å²) in [4.78, 5) is 37.6. The Morgan fingerprint density at radius 3 is 2.42 bits per heavy atom. The molecule has 4 aliphatic carbocycles. The first-order valence-corrected chi connectivity index (χ1v) is 12.8. The summed E-state index contributed by atoms with van der Waals surface area (Å²) in [6, 6.07) is 0. The number of carbonyl (C=O) groups excluding carboxylic acids is 2. The van der Waals surface area contributed by atoms with E-state index in [0.29, 0.717) is 12.8 Å². The minimum Gasteiger partial charge on any atom is -0.478 e. The van der Waals surface area contributed by atoms with Crippen molar-refractivity contribution < 1.29 is 42.9 Å². The van der Waals surface area contributed by atoms with Crippen molar-refractivity contribution in [1.29, 1.82) is 0 Å². The number of rotatable bonds is 5. The third kappa shape index (κ3) is 3.26. The monoisotopic (exact) mass is 510 g/mol. The number of carbonyl (C=O) groups is 3. The maximum absolute atomic E-state index is 17.2. The predicted molar refractivity (Wildman–Crippen MR) is 125 cm³/mol. The first-order chi connectivity index (χ1) is 16.7. The van der Waals surface area contributed by atoms with Gasteiger partial charge in [-0.2, -0.15) is 0 Å². The Bertz CT molecular complexity index is 1020. The van der Waals surface area contributed by atoms with Gasteiger partial charge in [0.05, 0.1) is 6.10 Å². The lowest BCUT2D eigenvalue weighted by molar-refractivity contribution is -0.232. The SMILES string of the molecule is CCC(CC)OC(=O)O[C@@]1(C(=O)O)[C@H](C)C[C@H]2[C@@H]3C[C@H](F)C4=CC(=O)C=C[C@]4(C)C3(F)[C@@H](O)C[C@@]21C. The van der Waals surface area contributed by atoms with E-state index in [9.17, 15) is 24.6 Å². The van der Waals surface area contributed by atoms with Gasteiger partial charge in [0.1, 0.15) is 12.3 Å². The smallest absolute Gasteiger partial charge is 0.478 e. The number of fused-ring (bicyclic) bond motifs is 5. The van der Waals surface area contributed by atoms with E-state index in [-0.39, 0.29) is 24.8 Å². The third-order valence-corrected chi connectivity index (χ3v) is 9.90. The minimum atomic E-state index is -2.34. The zero-order valence-corrected chi connectivity index (χ0v) is 21.4. The molecule has 9 heteroatoms. The number of aliphatic hydroxyl groups excluding tert-OH is 1. The van der Waals surface area contributed by atoms with Gasteiger partial charge in [0.2, 0.25) is 5.60 Å². The summed E-state index contributed by atoms with van der Waals surface area (Å²) in [5.41, 5.74) is -7.40. The van der Waals surface area contributed by atoms with Crippen molar-refractivity contribution in [3.63, 3.8) is 0 Å². The molecule has 200 valence electrons. The number of aliphatic hydroxyl groups is 1. The Balaban J connectivity index is 1.79. The normalized spacial score (nSPS) is 45.4. The Labute approximate surface area is 209 Å². The van der Waals surface area contributed by atoms with E-state index in [1.807, 2.05) is 13.8 Å². The number of aliphatic carboxylic acids is 1. The average molecular weight is 511 g/mol. The van der Waals surface area contributed by atoms with Crippen LogP contribution in [0.4, 0.5) is 13.6 Å². The molecule has 0 aliphatic heterocycles. The standard InChI is InChI=1S/C27H36F2O7/c1-6-16(7-2)35-23(34)36-27(22(32)33)14(3)10-17-18-12-20(28)19-11-15(30)8-9-24(19,4)26(18,29)21(31)13-25(17,27)5/h8-9,11,14,16-18,20-21,31H,6-7,10,12-13H2,1-5H3,(H,32,33)/t14-,17+,18+,20+,21+,24+,25+,26?,27-/m1/s1. The molecule has 36 heavy (non-hydrogen) atoms. The van der Waals surface area contributed by atoms with Gasteiger partial charge in [-0.05, 0) is 62.7 Å². The van der Waals surface area contributed by atoms with E-state index in [0.717, 1.165) is 6.08 Å². The number of ether oxygens (including phenoxy) is 2. The zero-order chi connectivity index (χ0) is 26.8. The van der Waals surface area contributed by atoms with Crippen LogP contribution in [0.2, 0.25) is 0 Å². The van der Waals surface area contributed by atoms with Gasteiger partial charge < -0.3 is 19.7 Å². The molecule has 3 fully saturated rings. The fraction of sp³-hybridized carbons (Fsp3) is 0.741. The quantitative estimate of drug-likeness (QED) is 0.515. The van der Waals surface area contributed by atoms with Crippen molar-refractivity contribution in [2.45, 2.75) is 96.4 Å². The molecule has 7 nitrogen and oxygen atoms in total. The van der Waals surface area contributed by atoms with Crippen LogP contribution in [-0.4, -0.2) is 57.8 Å². The summed E-state index contributed by atoms with van der Waals surface area (Å²) < 4.78 is 43.8. The highest BCUT2D eigenvalue weighted by atomic mass is 19.1. The second-order valence-electron chi connectivity index (χ2n) is 11.4. The number of hydrogen-bond acceptors (Lipinski definition) is 6. The largest absolute Gasteiger partial charge is 0.509 e. The van der Waals surface area contributed by atoms with Crippen LogP contribution in [0.25, 0.3) is 0 Å². The van der Waals surface area contributed by atoms with Crippen LogP contribution in [-0.2, 0) is 19.1 Å². The van der Waals surface area contributed by atoms with Crippen LogP contribution in [0.1, 0.15) is 66.7 Å². The van der Waals surface area contributed by atoms with Crippen molar-refractivity contribution in [2.24, 2.45) is 28.6 Å². The van der Waals surface area contributed by atoms with Crippen molar-refractivity contribution in [2.75, 3.05) is 0 Å². The molecule has 3 saturated carbocycles. The van der Waals surface area contributed by atoms with Crippen LogP contribution in [0.15, 0.2) is 23.8 Å². The summed E-state index contributed by atoms with van der Waals surface area (Å²) in [7, 11) is 0. The van der Waals surface area contributed by atoms with Gasteiger partial charge in [-0.3, -0.25) is 4.79 Å². The van der Waals surface area contributed by atoms with Crippen LogP contribution in [0.5, 0.6) is 0 Å². The lowest BCUT2D eigenvalue weighted by atomic mass is 9.44. The fourth-order valence-corrected chi connectivity index (χ4v) is 7.99. The molecule has 0 aromatic carbocycles. The molecule has 0 bridgehead atoms. The van der Waals surface area contributed by atoms with Crippen LogP contribution >= 0.6 is 0 Å². The van der Waals surface area contributed by atoms with Gasteiger partial charge in [0, 0.05) is 22.7 Å². The van der Waals surface area contributed by atoms with E-state index in [1.165, 1.54) is 19.1 Å². The molecule has 0 heterocycles. The van der Waals surface area contributed by atoms with Crippen molar-refractivity contribution in [3.8, 4) is 0 Å². The molecule has 4 aliphatic rings. The molecular formula is C27H36F2O7. The summed E-state index contributed by atoms with van der Waals surface area (Å²) in [6.45, 7) is 8.35. The van der Waals surface area contributed by atoms with E-state index < -0.39 is 76.1 Å². The van der Waals surface area contributed by atoms with Crippen LogP contribution in [0.3, 0.4) is 0 Å². The fourth-order valence-electron chi connectivity index (χ4n) is 7.99. The van der Waals surface area contributed by atoms with E-state index >= 15 is 8.78 Å². The lowest BCUT2D eigenvalue weighted by Gasteiger charge is -2.62. The maximum atomic E-state index is 17.2. The molecule has 0 amide bonds. The lowest BCUT2D eigenvalue weighted by Crippen LogP contribution is -2.71. The average Bonchev–Trinajstić information content (AvgIpc) is 3.03. The topological polar surface area (TPSA) is 110 Å². The van der Waals surface area contributed by atoms with Gasteiger partial charge in [-0.1, -0.05) is 33.8 Å². The van der Waals surface area contributed by atoms with Crippen molar-refractivity contribution in [3.05, 3.63) is 23.8 Å². The number of halogens is 2. The molecule has 0 saturated heterocycles. The maximum Gasteiger partial charge on any atom is 0.509 e. The molecule has 0 radical (unpaired) electrons. The second-order valence-corrected chi connectivity index (χ2v) is 11.4. The highest BCUT2D eigenvalue weighted by molar-refractivity contribution is 6.01. The van der Waals surface area contributed by atoms with E-state index in [1.54, 1.807) is 13.8 Å². The summed E-state index contributed by atoms with van der Waals surface area (Å²) in [5.74, 6) is -4.36. The van der Waals surface area contributed by atoms with Gasteiger partial charge >= 0.3 is 12.1 Å². The minimum absolute atomic E-state index is 0.00283. The molecule has 2 N–H and O–H groups in total. The Hall–Kier alpha value is -2.29.